The number of benzene rings is 1. The number of amides is 1. The normalized spacial score (nSPS) is 9.67. The van der Waals surface area contributed by atoms with Gasteiger partial charge in [0.05, 0.1) is 7.11 Å². The number of halogens is 1. The second-order valence-corrected chi connectivity index (χ2v) is 4.84. The molecule has 6 heteroatoms. The van der Waals surface area contributed by atoms with Crippen LogP contribution in [0.3, 0.4) is 0 Å². The zero-order chi connectivity index (χ0) is 15.2. The molecule has 108 valence electrons. The van der Waals surface area contributed by atoms with Gasteiger partial charge in [-0.05, 0) is 23.6 Å². The minimum atomic E-state index is -0.554. The molecule has 2 aromatic rings. The fraction of sp³-hybridized carbons (Fsp3) is 0.133. The number of carbonyl (C=O) groups excluding carboxylic acids is 1. The molecule has 0 radical (unpaired) electrons. The van der Waals surface area contributed by atoms with E-state index in [-0.39, 0.29) is 18.3 Å². The second-order valence-electron chi connectivity index (χ2n) is 3.93. The number of hydrogen-bond acceptors (Lipinski definition) is 4. The van der Waals surface area contributed by atoms with Crippen molar-refractivity contribution in [3.8, 4) is 17.6 Å². The number of rotatable bonds is 3. The Kier molecular flexibility index (Phi) is 4.93. The van der Waals surface area contributed by atoms with Crippen LogP contribution >= 0.6 is 11.3 Å². The van der Waals surface area contributed by atoms with E-state index in [0.717, 1.165) is 0 Å². The van der Waals surface area contributed by atoms with E-state index in [2.05, 4.69) is 17.2 Å². The minimum absolute atomic E-state index is 0.110. The number of nitrogens with one attached hydrogen (secondary N) is 1. The maximum atomic E-state index is 13.6. The topological polar surface area (TPSA) is 58.6 Å². The SMILES string of the molecule is COc1ccc(NC(=O)c2sccc2C#CCO)cc1F. The highest BCUT2D eigenvalue weighted by atomic mass is 32.1. The minimum Gasteiger partial charge on any atom is -0.494 e. The Hall–Kier alpha value is -2.36. The smallest absolute Gasteiger partial charge is 0.267 e. The van der Waals surface area contributed by atoms with Crippen molar-refractivity contribution in [1.82, 2.24) is 0 Å². The predicted octanol–water partition coefficient (Wildman–Crippen LogP) is 2.49. The van der Waals surface area contributed by atoms with E-state index in [1.165, 1.54) is 30.6 Å². The third-order valence-corrected chi connectivity index (χ3v) is 3.50. The lowest BCUT2D eigenvalue weighted by Gasteiger charge is -2.06. The summed E-state index contributed by atoms with van der Waals surface area (Å²) < 4.78 is 18.4. The number of hydrogen-bond donors (Lipinski definition) is 2. The molecule has 0 unspecified atom stereocenters. The van der Waals surface area contributed by atoms with Crippen LogP contribution in [-0.2, 0) is 0 Å². The summed E-state index contributed by atoms with van der Waals surface area (Å²) in [6, 6.07) is 5.86. The van der Waals surface area contributed by atoms with E-state index < -0.39 is 5.82 Å². The summed E-state index contributed by atoms with van der Waals surface area (Å²) in [6.07, 6.45) is 0. The molecule has 2 N–H and O–H groups in total. The maximum absolute atomic E-state index is 13.6. The van der Waals surface area contributed by atoms with Crippen molar-refractivity contribution >= 4 is 22.9 Å². The Morgan fingerprint density at radius 1 is 1.48 bits per heavy atom. The van der Waals surface area contributed by atoms with Crippen LogP contribution in [0.5, 0.6) is 5.75 Å². The Labute approximate surface area is 125 Å². The van der Waals surface area contributed by atoms with Crippen molar-refractivity contribution in [2.24, 2.45) is 0 Å². The highest BCUT2D eigenvalue weighted by Gasteiger charge is 2.13. The van der Waals surface area contributed by atoms with Crippen molar-refractivity contribution in [2.75, 3.05) is 19.0 Å². The summed E-state index contributed by atoms with van der Waals surface area (Å²) in [6.45, 7) is -0.277. The molecule has 0 saturated heterocycles. The number of carbonyl (C=O) groups is 1. The first-order valence-electron chi connectivity index (χ1n) is 5.98. The predicted molar refractivity (Wildman–Crippen MR) is 79.2 cm³/mol. The van der Waals surface area contributed by atoms with Crippen LogP contribution in [0.4, 0.5) is 10.1 Å². The van der Waals surface area contributed by atoms with E-state index in [4.69, 9.17) is 9.84 Å². The van der Waals surface area contributed by atoms with Crippen LogP contribution in [0.25, 0.3) is 0 Å². The Balaban J connectivity index is 2.18. The van der Waals surface area contributed by atoms with Gasteiger partial charge in [0.2, 0.25) is 0 Å². The standard InChI is InChI=1S/C15H12FNO3S/c1-20-13-5-4-11(9-12(13)16)17-15(19)14-10(3-2-7-18)6-8-21-14/h4-6,8-9,18H,7H2,1H3,(H,17,19). The summed E-state index contributed by atoms with van der Waals surface area (Å²) in [7, 11) is 1.37. The molecule has 1 heterocycles. The number of aliphatic hydroxyl groups excluding tert-OH is 1. The number of anilines is 1. The Bertz CT molecular complexity index is 715. The Morgan fingerprint density at radius 2 is 2.29 bits per heavy atom. The van der Waals surface area contributed by atoms with Gasteiger partial charge >= 0.3 is 0 Å². The zero-order valence-corrected chi connectivity index (χ0v) is 12.0. The summed E-state index contributed by atoms with van der Waals surface area (Å²) >= 11 is 1.22. The van der Waals surface area contributed by atoms with Crippen LogP contribution in [0.1, 0.15) is 15.2 Å². The summed E-state index contributed by atoms with van der Waals surface area (Å²) in [5, 5.41) is 13.0. The highest BCUT2D eigenvalue weighted by Crippen LogP contribution is 2.22. The molecule has 1 amide bonds. The molecule has 21 heavy (non-hydrogen) atoms. The number of methoxy groups -OCH3 is 1. The Morgan fingerprint density at radius 3 is 2.95 bits per heavy atom. The van der Waals surface area contributed by atoms with E-state index in [9.17, 15) is 9.18 Å². The van der Waals surface area contributed by atoms with Gasteiger partial charge in [-0.15, -0.1) is 11.3 Å². The molecule has 0 bridgehead atoms. The molecule has 0 saturated carbocycles. The lowest BCUT2D eigenvalue weighted by atomic mass is 10.2. The van der Waals surface area contributed by atoms with E-state index in [0.29, 0.717) is 16.1 Å². The van der Waals surface area contributed by atoms with Crippen molar-refractivity contribution in [3.05, 3.63) is 45.9 Å². The fourth-order valence-electron chi connectivity index (χ4n) is 1.65. The molecular formula is C15H12FNO3S. The van der Waals surface area contributed by atoms with Gasteiger partial charge in [0.15, 0.2) is 11.6 Å². The third-order valence-electron chi connectivity index (χ3n) is 2.58. The van der Waals surface area contributed by atoms with E-state index in [1.54, 1.807) is 17.5 Å². The maximum Gasteiger partial charge on any atom is 0.267 e. The monoisotopic (exact) mass is 305 g/mol. The molecule has 0 aliphatic carbocycles. The molecule has 0 atom stereocenters. The van der Waals surface area contributed by atoms with Crippen molar-refractivity contribution in [2.45, 2.75) is 0 Å². The molecule has 1 aromatic carbocycles. The van der Waals surface area contributed by atoms with Crippen LogP contribution in [0.15, 0.2) is 29.6 Å². The van der Waals surface area contributed by atoms with E-state index >= 15 is 0 Å². The van der Waals surface area contributed by atoms with Crippen LogP contribution < -0.4 is 10.1 Å². The van der Waals surface area contributed by atoms with Gasteiger partial charge in [0, 0.05) is 17.3 Å². The highest BCUT2D eigenvalue weighted by molar-refractivity contribution is 7.12. The van der Waals surface area contributed by atoms with Gasteiger partial charge in [-0.25, -0.2) is 4.39 Å². The average Bonchev–Trinajstić information content (AvgIpc) is 2.93. The molecule has 0 aliphatic rings. The summed E-state index contributed by atoms with van der Waals surface area (Å²) in [4.78, 5) is 12.5. The van der Waals surface area contributed by atoms with Gasteiger partial charge < -0.3 is 15.2 Å². The average molecular weight is 305 g/mol. The molecule has 2 rings (SSSR count). The van der Waals surface area contributed by atoms with E-state index in [1.807, 2.05) is 0 Å². The first kappa shape index (κ1) is 15.0. The number of ether oxygens (including phenoxy) is 1. The fourth-order valence-corrected chi connectivity index (χ4v) is 2.39. The van der Waals surface area contributed by atoms with Gasteiger partial charge in [-0.3, -0.25) is 4.79 Å². The molecule has 0 spiro atoms. The molecule has 0 aliphatic heterocycles. The van der Waals surface area contributed by atoms with Crippen molar-refractivity contribution in [3.63, 3.8) is 0 Å². The number of thiophene rings is 1. The van der Waals surface area contributed by atoms with Gasteiger partial charge in [0.25, 0.3) is 5.91 Å². The first-order chi connectivity index (χ1) is 10.2. The first-order valence-corrected chi connectivity index (χ1v) is 6.85. The quantitative estimate of drug-likeness (QED) is 0.857. The molecular weight excluding hydrogens is 293 g/mol. The van der Waals surface area contributed by atoms with Crippen LogP contribution in [0.2, 0.25) is 0 Å². The largest absolute Gasteiger partial charge is 0.494 e. The van der Waals surface area contributed by atoms with Gasteiger partial charge in [-0.2, -0.15) is 0 Å². The van der Waals surface area contributed by atoms with Crippen molar-refractivity contribution in [1.29, 1.82) is 0 Å². The molecule has 1 aromatic heterocycles. The summed E-state index contributed by atoms with van der Waals surface area (Å²) in [5.41, 5.74) is 0.855. The second kappa shape index (κ2) is 6.88. The lowest BCUT2D eigenvalue weighted by Crippen LogP contribution is -2.11. The van der Waals surface area contributed by atoms with Crippen LogP contribution in [0, 0.1) is 17.7 Å². The lowest BCUT2D eigenvalue weighted by molar-refractivity contribution is 0.103. The van der Waals surface area contributed by atoms with Crippen LogP contribution in [-0.4, -0.2) is 24.7 Å². The van der Waals surface area contributed by atoms with Gasteiger partial charge in [0.1, 0.15) is 11.5 Å². The number of aliphatic hydroxyl groups is 1. The molecule has 4 nitrogen and oxygen atoms in total. The molecule has 0 fully saturated rings. The van der Waals surface area contributed by atoms with Gasteiger partial charge in [-0.1, -0.05) is 11.8 Å². The zero-order valence-electron chi connectivity index (χ0n) is 11.1. The third kappa shape index (κ3) is 3.60. The van der Waals surface area contributed by atoms with Crippen molar-refractivity contribution < 1.29 is 19.0 Å². The summed E-state index contributed by atoms with van der Waals surface area (Å²) in [5.74, 6) is 4.36.